The summed E-state index contributed by atoms with van der Waals surface area (Å²) in [7, 11) is -0.654. The van der Waals surface area contributed by atoms with Gasteiger partial charge in [0.1, 0.15) is 5.69 Å². The standard InChI is InChI=1S/C19H18N2O5S/c1-21(2)27(23,24)17-10-8-15(9-11-17)19(22)25-13-16-12-18(20-26-16)14-6-4-3-5-7-14/h3-12H,13H2,1-2H3. The molecule has 0 amide bonds. The van der Waals surface area contributed by atoms with Gasteiger partial charge in [0, 0.05) is 25.7 Å². The molecule has 1 aromatic heterocycles. The molecule has 0 saturated heterocycles. The molecule has 0 fully saturated rings. The second-order valence-electron chi connectivity index (χ2n) is 5.93. The Balaban J connectivity index is 1.64. The molecule has 0 unspecified atom stereocenters. The molecule has 0 N–H and O–H groups in total. The Morgan fingerprint density at radius 1 is 1.07 bits per heavy atom. The van der Waals surface area contributed by atoms with E-state index in [-0.39, 0.29) is 17.1 Å². The summed E-state index contributed by atoms with van der Waals surface area (Å²) in [5.41, 5.74) is 1.80. The average Bonchev–Trinajstić information content (AvgIpc) is 3.16. The third-order valence-corrected chi connectivity index (χ3v) is 5.67. The van der Waals surface area contributed by atoms with E-state index in [0.29, 0.717) is 11.5 Å². The van der Waals surface area contributed by atoms with E-state index in [2.05, 4.69) is 5.16 Å². The molecule has 0 aliphatic heterocycles. The summed E-state index contributed by atoms with van der Waals surface area (Å²) >= 11 is 0. The molecule has 0 spiro atoms. The number of benzene rings is 2. The lowest BCUT2D eigenvalue weighted by Gasteiger charge is -2.11. The number of carbonyl (C=O) groups excluding carboxylic acids is 1. The molecule has 1 heterocycles. The monoisotopic (exact) mass is 386 g/mol. The Labute approximate surface area is 157 Å². The van der Waals surface area contributed by atoms with E-state index in [1.165, 1.54) is 38.4 Å². The number of rotatable bonds is 6. The number of esters is 1. The van der Waals surface area contributed by atoms with Crippen molar-refractivity contribution in [3.63, 3.8) is 0 Å². The van der Waals surface area contributed by atoms with Gasteiger partial charge in [0.2, 0.25) is 10.0 Å². The summed E-state index contributed by atoms with van der Waals surface area (Å²) in [6.07, 6.45) is 0. The zero-order valence-electron chi connectivity index (χ0n) is 14.8. The van der Waals surface area contributed by atoms with Gasteiger partial charge in [0.15, 0.2) is 12.4 Å². The number of carbonyl (C=O) groups is 1. The van der Waals surface area contributed by atoms with Gasteiger partial charge in [0.05, 0.1) is 10.5 Å². The molecule has 0 atom stereocenters. The largest absolute Gasteiger partial charge is 0.454 e. The molecule has 2 aromatic carbocycles. The number of hydrogen-bond acceptors (Lipinski definition) is 6. The van der Waals surface area contributed by atoms with Gasteiger partial charge < -0.3 is 9.26 Å². The Kier molecular flexibility index (Phi) is 5.38. The van der Waals surface area contributed by atoms with Crippen LogP contribution in [-0.4, -0.2) is 37.9 Å². The smallest absolute Gasteiger partial charge is 0.338 e. The van der Waals surface area contributed by atoms with Crippen LogP contribution in [0.4, 0.5) is 0 Å². The van der Waals surface area contributed by atoms with Gasteiger partial charge in [-0.25, -0.2) is 17.5 Å². The fraction of sp³-hybridized carbons (Fsp3) is 0.158. The van der Waals surface area contributed by atoms with Crippen LogP contribution in [0.2, 0.25) is 0 Å². The number of ether oxygens (including phenoxy) is 1. The van der Waals surface area contributed by atoms with Crippen LogP contribution in [0.5, 0.6) is 0 Å². The highest BCUT2D eigenvalue weighted by Crippen LogP contribution is 2.19. The van der Waals surface area contributed by atoms with Crippen molar-refractivity contribution in [3.8, 4) is 11.3 Å². The van der Waals surface area contributed by atoms with Gasteiger partial charge in [-0.2, -0.15) is 0 Å². The summed E-state index contributed by atoms with van der Waals surface area (Å²) in [5.74, 6) is -0.171. The number of hydrogen-bond donors (Lipinski definition) is 0. The van der Waals surface area contributed by atoms with E-state index in [0.717, 1.165) is 9.87 Å². The predicted molar refractivity (Wildman–Crippen MR) is 98.4 cm³/mol. The van der Waals surface area contributed by atoms with E-state index in [1.54, 1.807) is 6.07 Å². The lowest BCUT2D eigenvalue weighted by Crippen LogP contribution is -2.22. The maximum atomic E-state index is 12.1. The summed E-state index contributed by atoms with van der Waals surface area (Å²) in [4.78, 5) is 12.2. The fourth-order valence-corrected chi connectivity index (χ4v) is 3.22. The van der Waals surface area contributed by atoms with Crippen molar-refractivity contribution >= 4 is 16.0 Å². The highest BCUT2D eigenvalue weighted by atomic mass is 32.2. The molecule has 0 saturated carbocycles. The van der Waals surface area contributed by atoms with Gasteiger partial charge in [-0.3, -0.25) is 0 Å². The summed E-state index contributed by atoms with van der Waals surface area (Å²) in [5, 5.41) is 3.95. The molecule has 3 aromatic rings. The van der Waals surface area contributed by atoms with Gasteiger partial charge >= 0.3 is 5.97 Å². The van der Waals surface area contributed by atoms with Gasteiger partial charge in [-0.1, -0.05) is 35.5 Å². The lowest BCUT2D eigenvalue weighted by atomic mass is 10.1. The molecule has 140 valence electrons. The van der Waals surface area contributed by atoms with E-state index in [4.69, 9.17) is 9.26 Å². The Bertz CT molecular complexity index is 1030. The van der Waals surface area contributed by atoms with E-state index < -0.39 is 16.0 Å². The number of aromatic nitrogens is 1. The molecule has 3 rings (SSSR count). The van der Waals surface area contributed by atoms with Gasteiger partial charge in [-0.05, 0) is 24.3 Å². The van der Waals surface area contributed by atoms with Crippen molar-refractivity contribution in [2.75, 3.05) is 14.1 Å². The van der Waals surface area contributed by atoms with Crippen LogP contribution in [0.25, 0.3) is 11.3 Å². The van der Waals surface area contributed by atoms with Crippen LogP contribution in [0.1, 0.15) is 16.1 Å². The van der Waals surface area contributed by atoms with Crippen LogP contribution in [0.15, 0.2) is 70.1 Å². The first kappa shape index (κ1) is 18.8. The predicted octanol–water partition coefficient (Wildman–Crippen LogP) is 2.95. The van der Waals surface area contributed by atoms with E-state index in [1.807, 2.05) is 30.3 Å². The van der Waals surface area contributed by atoms with Crippen molar-refractivity contribution in [3.05, 3.63) is 72.0 Å². The SMILES string of the molecule is CN(C)S(=O)(=O)c1ccc(C(=O)OCc2cc(-c3ccccc3)no2)cc1. The van der Waals surface area contributed by atoms with Crippen molar-refractivity contribution < 1.29 is 22.5 Å². The molecule has 0 aliphatic carbocycles. The lowest BCUT2D eigenvalue weighted by molar-refractivity contribution is 0.0437. The van der Waals surface area contributed by atoms with Crippen LogP contribution in [0, 0.1) is 0 Å². The van der Waals surface area contributed by atoms with Crippen molar-refractivity contribution in [1.29, 1.82) is 0 Å². The molecule has 27 heavy (non-hydrogen) atoms. The second-order valence-corrected chi connectivity index (χ2v) is 8.08. The maximum absolute atomic E-state index is 12.1. The Hall–Kier alpha value is -2.97. The summed E-state index contributed by atoms with van der Waals surface area (Å²) in [6, 6.07) is 16.8. The molecule has 0 aliphatic rings. The first-order valence-electron chi connectivity index (χ1n) is 8.08. The van der Waals surface area contributed by atoms with Crippen LogP contribution in [-0.2, 0) is 21.4 Å². The molecule has 0 bridgehead atoms. The third kappa shape index (κ3) is 4.24. The highest BCUT2D eigenvalue weighted by molar-refractivity contribution is 7.89. The van der Waals surface area contributed by atoms with Crippen LogP contribution >= 0.6 is 0 Å². The summed E-state index contributed by atoms with van der Waals surface area (Å²) in [6.45, 7) is -0.0730. The first-order valence-corrected chi connectivity index (χ1v) is 9.52. The topological polar surface area (TPSA) is 89.7 Å². The normalized spacial score (nSPS) is 11.5. The molecule has 8 heteroatoms. The van der Waals surface area contributed by atoms with E-state index >= 15 is 0 Å². The Morgan fingerprint density at radius 2 is 1.74 bits per heavy atom. The van der Waals surface area contributed by atoms with Crippen LogP contribution in [0.3, 0.4) is 0 Å². The summed E-state index contributed by atoms with van der Waals surface area (Å²) < 4.78 is 35.6. The molecule has 0 radical (unpaired) electrons. The van der Waals surface area contributed by atoms with Gasteiger partial charge in [-0.15, -0.1) is 0 Å². The highest BCUT2D eigenvalue weighted by Gasteiger charge is 2.18. The Morgan fingerprint density at radius 3 is 2.37 bits per heavy atom. The second kappa shape index (κ2) is 7.73. The number of nitrogens with zero attached hydrogens (tertiary/aromatic N) is 2. The van der Waals surface area contributed by atoms with Crippen LogP contribution < -0.4 is 0 Å². The van der Waals surface area contributed by atoms with E-state index in [9.17, 15) is 13.2 Å². The maximum Gasteiger partial charge on any atom is 0.338 e. The quantitative estimate of drug-likeness (QED) is 0.605. The van der Waals surface area contributed by atoms with Crippen molar-refractivity contribution in [2.24, 2.45) is 0 Å². The minimum atomic E-state index is -3.54. The third-order valence-electron chi connectivity index (χ3n) is 3.84. The first-order chi connectivity index (χ1) is 12.9. The van der Waals surface area contributed by atoms with Crippen molar-refractivity contribution in [1.82, 2.24) is 9.46 Å². The van der Waals surface area contributed by atoms with Crippen molar-refractivity contribution in [2.45, 2.75) is 11.5 Å². The van der Waals surface area contributed by atoms with Gasteiger partial charge in [0.25, 0.3) is 0 Å². The number of sulfonamides is 1. The molecular formula is C19H18N2O5S. The average molecular weight is 386 g/mol. The minimum Gasteiger partial charge on any atom is -0.454 e. The molecule has 7 nitrogen and oxygen atoms in total. The fourth-order valence-electron chi connectivity index (χ4n) is 2.32. The zero-order valence-corrected chi connectivity index (χ0v) is 15.6. The zero-order chi connectivity index (χ0) is 19.4. The molecular weight excluding hydrogens is 368 g/mol. The minimum absolute atomic E-state index is 0.0730.